The first kappa shape index (κ1) is 10.3. The summed E-state index contributed by atoms with van der Waals surface area (Å²) >= 11 is 0. The van der Waals surface area contributed by atoms with Crippen LogP contribution in [0.3, 0.4) is 0 Å². The molecule has 0 aromatic heterocycles. The van der Waals surface area contributed by atoms with Gasteiger partial charge in [0, 0.05) is 5.70 Å². The van der Waals surface area contributed by atoms with Gasteiger partial charge >= 0.3 is 0 Å². The first-order valence-corrected chi connectivity index (χ1v) is 5.71. The Balaban J connectivity index is 2.98. The van der Waals surface area contributed by atoms with E-state index >= 15 is 0 Å². The molecule has 1 aliphatic rings. The minimum atomic E-state index is -3.17. The van der Waals surface area contributed by atoms with Gasteiger partial charge < -0.3 is 0 Å². The fourth-order valence-corrected chi connectivity index (χ4v) is 2.29. The summed E-state index contributed by atoms with van der Waals surface area (Å²) in [6.45, 7) is 5.49. The number of nitrogens with zero attached hydrogens (tertiary/aromatic N) is 1. The molecule has 1 heterocycles. The van der Waals surface area contributed by atoms with Gasteiger partial charge in [0.15, 0.2) is 0 Å². The van der Waals surface area contributed by atoms with Crippen molar-refractivity contribution in [1.29, 1.82) is 0 Å². The van der Waals surface area contributed by atoms with Crippen LogP contribution in [-0.2, 0) is 10.0 Å². The number of hydrogen-bond acceptors (Lipinski definition) is 2. The SMILES string of the molecule is CC1=CC=[C]CN1S(=O)(=O)C(C)C. The highest BCUT2D eigenvalue weighted by Gasteiger charge is 2.25. The first-order chi connectivity index (χ1) is 5.96. The lowest BCUT2D eigenvalue weighted by Crippen LogP contribution is -2.36. The number of sulfonamides is 1. The van der Waals surface area contributed by atoms with Crippen molar-refractivity contribution in [1.82, 2.24) is 4.31 Å². The number of allylic oxidation sites excluding steroid dienone is 3. The van der Waals surface area contributed by atoms with Crippen LogP contribution in [0.15, 0.2) is 17.8 Å². The molecular weight excluding hydrogens is 186 g/mol. The summed E-state index contributed by atoms with van der Waals surface area (Å²) in [6.07, 6.45) is 6.38. The monoisotopic (exact) mass is 200 g/mol. The molecule has 0 unspecified atom stereocenters. The van der Waals surface area contributed by atoms with E-state index in [0.717, 1.165) is 5.70 Å². The average molecular weight is 200 g/mol. The number of rotatable bonds is 2. The predicted molar refractivity (Wildman–Crippen MR) is 52.3 cm³/mol. The highest BCUT2D eigenvalue weighted by molar-refractivity contribution is 7.89. The molecule has 1 rings (SSSR count). The maximum absolute atomic E-state index is 11.7. The molecule has 1 aliphatic heterocycles. The van der Waals surface area contributed by atoms with Crippen LogP contribution in [0.1, 0.15) is 20.8 Å². The van der Waals surface area contributed by atoms with E-state index in [4.69, 9.17) is 0 Å². The van der Waals surface area contributed by atoms with Crippen molar-refractivity contribution in [3.05, 3.63) is 23.9 Å². The van der Waals surface area contributed by atoms with E-state index in [9.17, 15) is 8.42 Å². The molecule has 73 valence electrons. The van der Waals surface area contributed by atoms with Crippen molar-refractivity contribution >= 4 is 10.0 Å². The Kier molecular flexibility index (Phi) is 2.81. The van der Waals surface area contributed by atoms with E-state index in [-0.39, 0.29) is 5.25 Å². The van der Waals surface area contributed by atoms with Gasteiger partial charge in [0.25, 0.3) is 0 Å². The van der Waals surface area contributed by atoms with Crippen LogP contribution in [0.2, 0.25) is 0 Å². The van der Waals surface area contributed by atoms with Gasteiger partial charge in [-0.3, -0.25) is 4.31 Å². The summed E-state index contributed by atoms with van der Waals surface area (Å²) in [4.78, 5) is 0. The molecule has 1 radical (unpaired) electrons. The van der Waals surface area contributed by atoms with E-state index < -0.39 is 10.0 Å². The molecule has 13 heavy (non-hydrogen) atoms. The smallest absolute Gasteiger partial charge is 0.237 e. The lowest BCUT2D eigenvalue weighted by Gasteiger charge is -2.27. The lowest BCUT2D eigenvalue weighted by molar-refractivity contribution is 0.489. The summed E-state index contributed by atoms with van der Waals surface area (Å²) in [5.41, 5.74) is 0.757. The third kappa shape index (κ3) is 1.94. The van der Waals surface area contributed by atoms with Crippen LogP contribution in [0, 0.1) is 6.08 Å². The fourth-order valence-electron chi connectivity index (χ4n) is 1.07. The standard InChI is InChI=1S/C9H14NO2S/c1-8(2)13(11,12)10-7-5-4-6-9(10)3/h4,6,8H,7H2,1-3H3. The molecule has 0 bridgehead atoms. The van der Waals surface area contributed by atoms with Crippen molar-refractivity contribution in [3.8, 4) is 0 Å². The van der Waals surface area contributed by atoms with Gasteiger partial charge in [-0.2, -0.15) is 0 Å². The van der Waals surface area contributed by atoms with E-state index in [1.807, 2.05) is 0 Å². The quantitative estimate of drug-likeness (QED) is 0.674. The normalized spacial score (nSPS) is 17.8. The third-order valence-electron chi connectivity index (χ3n) is 1.97. The van der Waals surface area contributed by atoms with Crippen LogP contribution in [0.5, 0.6) is 0 Å². The van der Waals surface area contributed by atoms with Gasteiger partial charge in [0.1, 0.15) is 0 Å². The van der Waals surface area contributed by atoms with Crippen molar-refractivity contribution < 1.29 is 8.42 Å². The Morgan fingerprint density at radius 1 is 1.54 bits per heavy atom. The van der Waals surface area contributed by atoms with Crippen LogP contribution >= 0.6 is 0 Å². The second-order valence-corrected chi connectivity index (χ2v) is 5.69. The molecule has 4 heteroatoms. The molecular formula is C9H14NO2S. The maximum atomic E-state index is 11.7. The highest BCUT2D eigenvalue weighted by Crippen LogP contribution is 2.17. The predicted octanol–water partition coefficient (Wildman–Crippen LogP) is 1.30. The summed E-state index contributed by atoms with van der Waals surface area (Å²) in [7, 11) is -3.17. The fraction of sp³-hybridized carbons (Fsp3) is 0.556. The molecule has 0 aromatic carbocycles. The average Bonchev–Trinajstić information content (AvgIpc) is 2.04. The highest BCUT2D eigenvalue weighted by atomic mass is 32.2. The Bertz CT molecular complexity index is 339. The first-order valence-electron chi connectivity index (χ1n) is 4.21. The van der Waals surface area contributed by atoms with Gasteiger partial charge in [-0.15, -0.1) is 0 Å². The van der Waals surface area contributed by atoms with Crippen molar-refractivity contribution in [2.75, 3.05) is 6.54 Å². The zero-order chi connectivity index (χ0) is 10.1. The molecule has 0 spiro atoms. The van der Waals surface area contributed by atoms with Gasteiger partial charge in [-0.25, -0.2) is 8.42 Å². The van der Waals surface area contributed by atoms with Gasteiger partial charge in [-0.05, 0) is 32.9 Å². The summed E-state index contributed by atoms with van der Waals surface area (Å²) in [5.74, 6) is 0. The Morgan fingerprint density at radius 2 is 2.15 bits per heavy atom. The summed E-state index contributed by atoms with van der Waals surface area (Å²) < 4.78 is 24.8. The van der Waals surface area contributed by atoms with Gasteiger partial charge in [-0.1, -0.05) is 6.08 Å². The number of hydrogen-bond donors (Lipinski definition) is 0. The Hall–Kier alpha value is -0.770. The van der Waals surface area contributed by atoms with Gasteiger partial charge in [0.2, 0.25) is 10.0 Å². The molecule has 0 aliphatic carbocycles. The van der Waals surface area contributed by atoms with Crippen molar-refractivity contribution in [2.45, 2.75) is 26.0 Å². The molecule has 0 N–H and O–H groups in total. The van der Waals surface area contributed by atoms with E-state index in [0.29, 0.717) is 6.54 Å². The molecule has 0 saturated heterocycles. The molecule has 0 aromatic rings. The maximum Gasteiger partial charge on any atom is 0.237 e. The molecule has 3 nitrogen and oxygen atoms in total. The van der Waals surface area contributed by atoms with Crippen LogP contribution in [0.4, 0.5) is 0 Å². The van der Waals surface area contributed by atoms with Crippen LogP contribution in [0.25, 0.3) is 0 Å². The summed E-state index contributed by atoms with van der Waals surface area (Å²) in [6, 6.07) is 0. The van der Waals surface area contributed by atoms with Gasteiger partial charge in [0.05, 0.1) is 11.8 Å². The molecule has 0 atom stereocenters. The van der Waals surface area contributed by atoms with E-state index in [1.165, 1.54) is 4.31 Å². The zero-order valence-electron chi connectivity index (χ0n) is 8.11. The summed E-state index contributed by atoms with van der Waals surface area (Å²) in [5, 5.41) is -0.379. The van der Waals surface area contributed by atoms with Crippen LogP contribution < -0.4 is 0 Å². The largest absolute Gasteiger partial charge is 0.270 e. The topological polar surface area (TPSA) is 37.4 Å². The molecule has 0 fully saturated rings. The molecule has 0 amide bonds. The zero-order valence-corrected chi connectivity index (χ0v) is 8.93. The van der Waals surface area contributed by atoms with Crippen molar-refractivity contribution in [3.63, 3.8) is 0 Å². The lowest BCUT2D eigenvalue weighted by atomic mass is 10.3. The Morgan fingerprint density at radius 3 is 2.62 bits per heavy atom. The minimum Gasteiger partial charge on any atom is -0.270 e. The third-order valence-corrected chi connectivity index (χ3v) is 4.20. The van der Waals surface area contributed by atoms with E-state index in [2.05, 4.69) is 6.08 Å². The molecule has 0 saturated carbocycles. The van der Waals surface area contributed by atoms with Crippen molar-refractivity contribution in [2.24, 2.45) is 0 Å². The van der Waals surface area contributed by atoms with E-state index in [1.54, 1.807) is 32.9 Å². The minimum absolute atomic E-state index is 0.336. The van der Waals surface area contributed by atoms with Crippen LogP contribution in [-0.4, -0.2) is 24.5 Å². The second kappa shape index (κ2) is 3.54. The second-order valence-electron chi connectivity index (χ2n) is 3.28. The Labute approximate surface area is 79.8 Å².